The van der Waals surface area contributed by atoms with Crippen molar-refractivity contribution >= 4 is 52.6 Å². The van der Waals surface area contributed by atoms with E-state index in [0.717, 1.165) is 11.1 Å². The third-order valence-corrected chi connectivity index (χ3v) is 5.92. The first-order valence-corrected chi connectivity index (χ1v) is 12.8. The minimum absolute atomic E-state index is 0.114. The molecule has 3 rings (SSSR count). The number of carbonyl (C=O) groups is 2. The molecule has 0 radical (unpaired) electrons. The zero-order valence-corrected chi connectivity index (χ0v) is 22.9. The van der Waals surface area contributed by atoms with Crippen LogP contribution in [0.4, 0.5) is 0 Å². The smallest absolute Gasteiger partial charge is 0.303 e. The van der Waals surface area contributed by atoms with E-state index in [-0.39, 0.29) is 19.8 Å². The summed E-state index contributed by atoms with van der Waals surface area (Å²) in [6.07, 6.45) is -5.53. The Balaban J connectivity index is 1.96. The topological polar surface area (TPSA) is 113 Å². The fraction of sp³-hybridized carbons (Fsp3) is 0.423. The van der Waals surface area contributed by atoms with Crippen molar-refractivity contribution in [2.75, 3.05) is 6.61 Å². The molecule has 2 aromatic rings. The Morgan fingerprint density at radius 2 is 1.34 bits per heavy atom. The Labute approximate surface area is 235 Å². The highest BCUT2D eigenvalue weighted by Crippen LogP contribution is 2.34. The van der Waals surface area contributed by atoms with Gasteiger partial charge in [0.1, 0.15) is 24.9 Å². The fourth-order valence-corrected chi connectivity index (χ4v) is 3.87. The van der Waals surface area contributed by atoms with Crippen LogP contribution in [-0.4, -0.2) is 58.9 Å². The van der Waals surface area contributed by atoms with Crippen molar-refractivity contribution in [3.05, 3.63) is 71.8 Å². The van der Waals surface area contributed by atoms with Gasteiger partial charge in [-0.3, -0.25) is 15.0 Å². The summed E-state index contributed by atoms with van der Waals surface area (Å²) >= 11 is 17.4. The molecule has 5 atom stereocenters. The lowest BCUT2D eigenvalue weighted by molar-refractivity contribution is -0.304. The molecule has 1 fully saturated rings. The summed E-state index contributed by atoms with van der Waals surface area (Å²) in [6.45, 7) is 2.48. The lowest BCUT2D eigenvalue weighted by Crippen LogP contribution is -2.62. The monoisotopic (exact) mass is 587 g/mol. The predicted octanol–water partition coefficient (Wildman–Crippen LogP) is 4.74. The number of halogens is 3. The molecule has 1 heterocycles. The van der Waals surface area contributed by atoms with E-state index in [1.54, 1.807) is 0 Å². The third kappa shape index (κ3) is 9.11. The zero-order chi connectivity index (χ0) is 27.7. The first-order chi connectivity index (χ1) is 18.0. The summed E-state index contributed by atoms with van der Waals surface area (Å²) in [5.41, 5.74) is 1.70. The number of ether oxygens (including phenoxy) is 6. The van der Waals surface area contributed by atoms with Gasteiger partial charge in [-0.05, 0) is 11.1 Å². The van der Waals surface area contributed by atoms with E-state index < -0.39 is 52.3 Å². The SMILES string of the molecule is CC(=O)OC[C@H]1O[C@H](OC(=N)C(Cl)(Cl)Cl)[C@H](OC(C)=O)[C@@H](OCc2ccccc2)[C@@H]1OCc1ccccc1. The van der Waals surface area contributed by atoms with Crippen LogP contribution in [0.2, 0.25) is 0 Å². The maximum Gasteiger partial charge on any atom is 0.303 e. The fourth-order valence-electron chi connectivity index (χ4n) is 3.73. The van der Waals surface area contributed by atoms with Gasteiger partial charge in [0.05, 0.1) is 13.2 Å². The molecule has 2 aromatic carbocycles. The minimum atomic E-state index is -2.21. The van der Waals surface area contributed by atoms with E-state index in [1.165, 1.54) is 13.8 Å². The molecule has 0 amide bonds. The molecule has 0 aromatic heterocycles. The molecule has 0 aliphatic carbocycles. The summed E-state index contributed by atoms with van der Waals surface area (Å²) < 4.78 is 32.5. The average Bonchev–Trinajstić information content (AvgIpc) is 2.87. The highest BCUT2D eigenvalue weighted by molar-refractivity contribution is 6.76. The van der Waals surface area contributed by atoms with Gasteiger partial charge >= 0.3 is 11.9 Å². The Morgan fingerprint density at radius 1 is 0.816 bits per heavy atom. The maximum absolute atomic E-state index is 12.1. The molecule has 206 valence electrons. The highest BCUT2D eigenvalue weighted by Gasteiger charge is 2.52. The highest BCUT2D eigenvalue weighted by atomic mass is 35.6. The lowest BCUT2D eigenvalue weighted by Gasteiger charge is -2.45. The number of nitrogens with one attached hydrogen (secondary N) is 1. The van der Waals surface area contributed by atoms with Crippen LogP contribution in [0.1, 0.15) is 25.0 Å². The molecular formula is C26H28Cl3NO8. The van der Waals surface area contributed by atoms with Crippen molar-refractivity contribution in [1.82, 2.24) is 0 Å². The summed E-state index contributed by atoms with van der Waals surface area (Å²) in [5.74, 6) is -1.98. The number of benzene rings is 2. The Hall–Kier alpha value is -2.40. The lowest BCUT2D eigenvalue weighted by atomic mass is 9.98. The molecule has 9 nitrogen and oxygen atoms in total. The number of carbonyl (C=O) groups excluding carboxylic acids is 2. The quantitative estimate of drug-likeness (QED) is 0.183. The van der Waals surface area contributed by atoms with Crippen molar-refractivity contribution in [3.8, 4) is 0 Å². The number of esters is 2. The molecule has 38 heavy (non-hydrogen) atoms. The second-order valence-corrected chi connectivity index (χ2v) is 10.7. The van der Waals surface area contributed by atoms with Crippen molar-refractivity contribution in [3.63, 3.8) is 0 Å². The molecular weight excluding hydrogens is 561 g/mol. The van der Waals surface area contributed by atoms with Gasteiger partial charge in [0.15, 0.2) is 6.10 Å². The van der Waals surface area contributed by atoms with Crippen LogP contribution >= 0.6 is 34.8 Å². The first-order valence-electron chi connectivity index (χ1n) is 11.6. The van der Waals surface area contributed by atoms with E-state index in [1.807, 2.05) is 60.7 Å². The van der Waals surface area contributed by atoms with Gasteiger partial charge in [-0.1, -0.05) is 95.5 Å². The standard InChI is InChI=1S/C26H28Cl3NO8/c1-16(31)33-15-20-21(34-13-18-9-5-3-6-10-18)22(35-14-19-11-7-4-8-12-19)23(36-17(2)32)24(37-20)38-25(30)26(27,28)29/h3-12,20-24,30H,13-15H2,1-2H3/t20-,21-,22+,23-,24-/m1/s1. The molecule has 1 aliphatic heterocycles. The molecule has 12 heteroatoms. The molecule has 1 aliphatic rings. The summed E-state index contributed by atoms with van der Waals surface area (Å²) in [6, 6.07) is 18.7. The van der Waals surface area contributed by atoms with Crippen molar-refractivity contribution in [1.29, 1.82) is 5.41 Å². The van der Waals surface area contributed by atoms with E-state index in [9.17, 15) is 9.59 Å². The largest absolute Gasteiger partial charge is 0.463 e. The maximum atomic E-state index is 12.1. The summed E-state index contributed by atoms with van der Waals surface area (Å²) in [5, 5.41) is 8.03. The van der Waals surface area contributed by atoms with Crippen molar-refractivity contribution in [2.45, 2.75) is 61.6 Å². The number of alkyl halides is 3. The van der Waals surface area contributed by atoms with Crippen LogP contribution in [0, 0.1) is 5.41 Å². The zero-order valence-electron chi connectivity index (χ0n) is 20.7. The van der Waals surface area contributed by atoms with Crippen LogP contribution in [0.25, 0.3) is 0 Å². The van der Waals surface area contributed by atoms with Crippen LogP contribution in [-0.2, 0) is 51.2 Å². The third-order valence-electron chi connectivity index (χ3n) is 5.41. The van der Waals surface area contributed by atoms with Crippen LogP contribution in [0.3, 0.4) is 0 Å². The van der Waals surface area contributed by atoms with Crippen molar-refractivity contribution < 1.29 is 38.0 Å². The van der Waals surface area contributed by atoms with Gasteiger partial charge < -0.3 is 28.4 Å². The first kappa shape index (κ1) is 30.1. The van der Waals surface area contributed by atoms with Crippen LogP contribution < -0.4 is 0 Å². The minimum Gasteiger partial charge on any atom is -0.463 e. The van der Waals surface area contributed by atoms with Gasteiger partial charge in [-0.15, -0.1) is 0 Å². The van der Waals surface area contributed by atoms with E-state index in [0.29, 0.717) is 0 Å². The Bertz CT molecular complexity index is 1070. The second kappa shape index (κ2) is 14.1. The normalized spacial score (nSPS) is 23.3. The molecule has 1 saturated heterocycles. The van der Waals surface area contributed by atoms with E-state index in [2.05, 4.69) is 0 Å². The van der Waals surface area contributed by atoms with Crippen molar-refractivity contribution in [2.24, 2.45) is 0 Å². The van der Waals surface area contributed by atoms with E-state index >= 15 is 0 Å². The second-order valence-electron chi connectivity index (χ2n) is 8.39. The Morgan fingerprint density at radius 3 is 1.82 bits per heavy atom. The average molecular weight is 589 g/mol. The van der Waals surface area contributed by atoms with Gasteiger partial charge in [0.25, 0.3) is 3.79 Å². The van der Waals surface area contributed by atoms with Gasteiger partial charge in [0.2, 0.25) is 12.2 Å². The molecule has 0 bridgehead atoms. The molecule has 0 spiro atoms. The van der Waals surface area contributed by atoms with Gasteiger partial charge in [-0.2, -0.15) is 0 Å². The number of hydrogen-bond donors (Lipinski definition) is 1. The van der Waals surface area contributed by atoms with E-state index in [4.69, 9.17) is 68.6 Å². The van der Waals surface area contributed by atoms with Crippen LogP contribution in [0.5, 0.6) is 0 Å². The summed E-state index contributed by atoms with van der Waals surface area (Å²) in [7, 11) is 0. The van der Waals surface area contributed by atoms with Gasteiger partial charge in [-0.25, -0.2) is 0 Å². The molecule has 0 saturated carbocycles. The number of hydrogen-bond acceptors (Lipinski definition) is 9. The molecule has 1 N–H and O–H groups in total. The predicted molar refractivity (Wildman–Crippen MR) is 140 cm³/mol. The summed E-state index contributed by atoms with van der Waals surface area (Å²) in [4.78, 5) is 23.7. The molecule has 0 unspecified atom stereocenters. The Kier molecular flexibility index (Phi) is 11.2. The number of rotatable bonds is 10. The van der Waals surface area contributed by atoms with Gasteiger partial charge in [0, 0.05) is 13.8 Å². The van der Waals surface area contributed by atoms with Crippen LogP contribution in [0.15, 0.2) is 60.7 Å².